The van der Waals surface area contributed by atoms with E-state index in [9.17, 15) is 9.90 Å². The van der Waals surface area contributed by atoms with Gasteiger partial charge in [-0.15, -0.1) is 0 Å². The van der Waals surface area contributed by atoms with E-state index in [1.807, 2.05) is 13.1 Å². The molecular weight excluding hydrogens is 315 g/mol. The summed E-state index contributed by atoms with van der Waals surface area (Å²) in [6.45, 7) is 1.77. The molecule has 1 saturated heterocycles. The quantitative estimate of drug-likeness (QED) is 0.893. The summed E-state index contributed by atoms with van der Waals surface area (Å²) >= 11 is 12.0. The van der Waals surface area contributed by atoms with E-state index in [0.717, 1.165) is 5.56 Å². The summed E-state index contributed by atoms with van der Waals surface area (Å²) in [5.41, 5.74) is 0.929. The minimum absolute atomic E-state index is 0.0918. The first kappa shape index (κ1) is 16.4. The van der Waals surface area contributed by atoms with Gasteiger partial charge in [0.2, 0.25) is 0 Å². The number of nitrogens with one attached hydrogen (secondary N) is 1. The lowest BCUT2D eigenvalue weighted by molar-refractivity contribution is 0.0524. The van der Waals surface area contributed by atoms with Gasteiger partial charge in [-0.25, -0.2) is 4.79 Å². The molecule has 2 atom stereocenters. The minimum atomic E-state index is -0.936. The third-order valence-corrected chi connectivity index (χ3v) is 4.35. The van der Waals surface area contributed by atoms with Gasteiger partial charge in [0, 0.05) is 25.6 Å². The predicted octanol–water partition coefficient (Wildman–Crippen LogP) is 2.68. The molecule has 0 spiro atoms. The van der Waals surface area contributed by atoms with Gasteiger partial charge < -0.3 is 20.1 Å². The molecule has 0 aliphatic carbocycles. The molecule has 1 amide bonds. The van der Waals surface area contributed by atoms with Crippen LogP contribution in [-0.4, -0.2) is 55.5 Å². The number of carbonyl (C=O) groups is 1. The maximum absolute atomic E-state index is 11.3. The molecule has 1 heterocycles. The fourth-order valence-corrected chi connectivity index (χ4v) is 2.82. The highest BCUT2D eigenvalue weighted by Gasteiger charge is 2.31. The number of likely N-dealkylation sites (N-methyl/N-ethyl adjacent to an activating group) is 1. The Kier molecular flexibility index (Phi) is 5.70. The summed E-state index contributed by atoms with van der Waals surface area (Å²) in [6, 6.07) is 5.38. The Morgan fingerprint density at radius 1 is 1.48 bits per heavy atom. The van der Waals surface area contributed by atoms with Gasteiger partial charge in [0.25, 0.3) is 0 Å². The summed E-state index contributed by atoms with van der Waals surface area (Å²) in [5.74, 6) is -0.0918. The molecule has 1 aromatic rings. The average molecular weight is 333 g/mol. The van der Waals surface area contributed by atoms with Crippen molar-refractivity contribution in [3.8, 4) is 0 Å². The lowest BCUT2D eigenvalue weighted by atomic mass is 9.92. The van der Waals surface area contributed by atoms with Crippen molar-refractivity contribution in [3.05, 3.63) is 33.8 Å². The standard InChI is InChI=1S/C14H18Cl2N2O3/c1-17-7-13-10(8-18(14(19)20)4-5-21-13)9-2-3-11(15)12(16)6-9/h2-3,6,10,13,17H,4-5,7-8H2,1H3,(H,19,20). The number of rotatable bonds is 3. The molecule has 1 aromatic carbocycles. The molecule has 0 bridgehead atoms. The summed E-state index contributed by atoms with van der Waals surface area (Å²) in [5, 5.41) is 13.3. The average Bonchev–Trinajstić information content (AvgIpc) is 2.65. The van der Waals surface area contributed by atoms with Crippen molar-refractivity contribution in [1.29, 1.82) is 0 Å². The fraction of sp³-hybridized carbons (Fsp3) is 0.500. The number of amides is 1. The Morgan fingerprint density at radius 2 is 2.24 bits per heavy atom. The second kappa shape index (κ2) is 7.31. The van der Waals surface area contributed by atoms with Gasteiger partial charge in [-0.2, -0.15) is 0 Å². The summed E-state index contributed by atoms with van der Waals surface area (Å²) in [7, 11) is 1.84. The van der Waals surface area contributed by atoms with Crippen LogP contribution in [0.3, 0.4) is 0 Å². The molecule has 7 heteroatoms. The monoisotopic (exact) mass is 332 g/mol. The van der Waals surface area contributed by atoms with Gasteiger partial charge in [0.05, 0.1) is 22.8 Å². The van der Waals surface area contributed by atoms with Crippen molar-refractivity contribution >= 4 is 29.3 Å². The van der Waals surface area contributed by atoms with Gasteiger partial charge in [0.15, 0.2) is 0 Å². The number of ether oxygens (including phenoxy) is 1. The van der Waals surface area contributed by atoms with Gasteiger partial charge >= 0.3 is 6.09 Å². The van der Waals surface area contributed by atoms with Crippen molar-refractivity contribution in [3.63, 3.8) is 0 Å². The molecule has 0 saturated carbocycles. The van der Waals surface area contributed by atoms with Crippen LogP contribution in [0, 0.1) is 0 Å². The highest BCUT2D eigenvalue weighted by Crippen LogP contribution is 2.30. The highest BCUT2D eigenvalue weighted by molar-refractivity contribution is 6.42. The second-order valence-corrected chi connectivity index (χ2v) is 5.79. The van der Waals surface area contributed by atoms with Crippen LogP contribution in [0.4, 0.5) is 4.79 Å². The van der Waals surface area contributed by atoms with Crippen molar-refractivity contribution in [2.75, 3.05) is 33.3 Å². The molecule has 21 heavy (non-hydrogen) atoms. The van der Waals surface area contributed by atoms with Crippen LogP contribution in [0.1, 0.15) is 11.5 Å². The molecule has 5 nitrogen and oxygen atoms in total. The van der Waals surface area contributed by atoms with Gasteiger partial charge in [-0.05, 0) is 24.7 Å². The largest absolute Gasteiger partial charge is 0.465 e. The number of carboxylic acid groups (broad SMARTS) is 1. The van der Waals surface area contributed by atoms with Crippen LogP contribution in [0.15, 0.2) is 18.2 Å². The van der Waals surface area contributed by atoms with Gasteiger partial charge in [0.1, 0.15) is 0 Å². The number of halogens is 2. The molecule has 1 aliphatic rings. The molecular formula is C14H18Cl2N2O3. The summed E-state index contributed by atoms with van der Waals surface area (Å²) < 4.78 is 5.82. The highest BCUT2D eigenvalue weighted by atomic mass is 35.5. The van der Waals surface area contributed by atoms with Crippen LogP contribution < -0.4 is 5.32 Å². The van der Waals surface area contributed by atoms with E-state index in [4.69, 9.17) is 27.9 Å². The summed E-state index contributed by atoms with van der Waals surface area (Å²) in [6.07, 6.45) is -1.05. The molecule has 1 aliphatic heterocycles. The van der Waals surface area contributed by atoms with Gasteiger partial charge in [-0.3, -0.25) is 0 Å². The van der Waals surface area contributed by atoms with Crippen LogP contribution in [0.25, 0.3) is 0 Å². The zero-order valence-electron chi connectivity index (χ0n) is 11.7. The Bertz CT molecular complexity index is 513. The Balaban J connectivity index is 2.31. The molecule has 0 radical (unpaired) electrons. The van der Waals surface area contributed by atoms with Gasteiger partial charge in [-0.1, -0.05) is 29.3 Å². The van der Waals surface area contributed by atoms with Crippen LogP contribution in [-0.2, 0) is 4.74 Å². The smallest absolute Gasteiger partial charge is 0.407 e. The Labute approximate surface area is 133 Å². The second-order valence-electron chi connectivity index (χ2n) is 4.98. The topological polar surface area (TPSA) is 61.8 Å². The van der Waals surface area contributed by atoms with E-state index in [1.54, 1.807) is 12.1 Å². The molecule has 2 unspecified atom stereocenters. The predicted molar refractivity (Wildman–Crippen MR) is 82.5 cm³/mol. The maximum atomic E-state index is 11.3. The number of nitrogens with zero attached hydrogens (tertiary/aromatic N) is 1. The van der Waals surface area contributed by atoms with Crippen LogP contribution in [0.2, 0.25) is 10.0 Å². The van der Waals surface area contributed by atoms with E-state index in [2.05, 4.69) is 5.32 Å². The van der Waals surface area contributed by atoms with E-state index < -0.39 is 6.09 Å². The Hall–Kier alpha value is -1.01. The van der Waals surface area contributed by atoms with E-state index in [0.29, 0.717) is 36.3 Å². The zero-order chi connectivity index (χ0) is 15.4. The number of hydrogen-bond donors (Lipinski definition) is 2. The number of benzene rings is 1. The molecule has 0 aromatic heterocycles. The molecule has 2 N–H and O–H groups in total. The Morgan fingerprint density at radius 3 is 2.86 bits per heavy atom. The number of hydrogen-bond acceptors (Lipinski definition) is 3. The first-order valence-electron chi connectivity index (χ1n) is 6.72. The third-order valence-electron chi connectivity index (χ3n) is 3.61. The molecule has 2 rings (SSSR count). The SMILES string of the molecule is CNCC1OCCN(C(=O)O)CC1c1ccc(Cl)c(Cl)c1. The van der Waals surface area contributed by atoms with E-state index >= 15 is 0 Å². The summed E-state index contributed by atoms with van der Waals surface area (Å²) in [4.78, 5) is 12.7. The lowest BCUT2D eigenvalue weighted by Gasteiger charge is -2.27. The van der Waals surface area contributed by atoms with Crippen LogP contribution in [0.5, 0.6) is 0 Å². The van der Waals surface area contributed by atoms with Crippen molar-refractivity contribution in [1.82, 2.24) is 10.2 Å². The third kappa shape index (κ3) is 4.01. The van der Waals surface area contributed by atoms with Crippen LogP contribution >= 0.6 is 23.2 Å². The lowest BCUT2D eigenvalue weighted by Crippen LogP contribution is -2.37. The maximum Gasteiger partial charge on any atom is 0.407 e. The van der Waals surface area contributed by atoms with E-state index in [-0.39, 0.29) is 12.0 Å². The van der Waals surface area contributed by atoms with Crippen molar-refractivity contribution in [2.24, 2.45) is 0 Å². The van der Waals surface area contributed by atoms with Crippen molar-refractivity contribution in [2.45, 2.75) is 12.0 Å². The molecule has 1 fully saturated rings. The fourth-order valence-electron chi connectivity index (χ4n) is 2.52. The van der Waals surface area contributed by atoms with E-state index in [1.165, 1.54) is 4.90 Å². The first-order chi connectivity index (χ1) is 10.0. The normalized spacial score (nSPS) is 22.9. The van der Waals surface area contributed by atoms with Crippen molar-refractivity contribution < 1.29 is 14.6 Å². The molecule has 116 valence electrons. The first-order valence-corrected chi connectivity index (χ1v) is 7.47. The zero-order valence-corrected chi connectivity index (χ0v) is 13.2. The minimum Gasteiger partial charge on any atom is -0.465 e.